The first kappa shape index (κ1) is 17.8. The van der Waals surface area contributed by atoms with Crippen molar-refractivity contribution >= 4 is 21.9 Å². The Labute approximate surface area is 147 Å². The molecule has 0 aliphatic carbocycles. The van der Waals surface area contributed by atoms with Crippen molar-refractivity contribution in [2.45, 2.75) is 26.9 Å². The van der Waals surface area contributed by atoms with Gasteiger partial charge in [0.05, 0.1) is 10.2 Å². The first-order valence-corrected chi connectivity index (χ1v) is 7.85. The fourth-order valence-electron chi connectivity index (χ4n) is 2.06. The minimum atomic E-state index is -1.07. The monoisotopic (exact) mass is 393 g/mol. The van der Waals surface area contributed by atoms with E-state index in [1.165, 1.54) is 11.6 Å². The minimum absolute atomic E-state index is 0.317. The molecule has 0 fully saturated rings. The highest BCUT2D eigenvalue weighted by Gasteiger charge is 2.19. The lowest BCUT2D eigenvalue weighted by atomic mass is 10.2. The van der Waals surface area contributed by atoms with Gasteiger partial charge in [0.25, 0.3) is 0 Å². The zero-order valence-electron chi connectivity index (χ0n) is 13.6. The van der Waals surface area contributed by atoms with Crippen LogP contribution in [-0.4, -0.2) is 27.0 Å². The van der Waals surface area contributed by atoms with E-state index in [0.717, 1.165) is 5.56 Å². The van der Waals surface area contributed by atoms with E-state index in [9.17, 15) is 10.1 Å². The van der Waals surface area contributed by atoms with Crippen LogP contribution < -0.4 is 9.47 Å². The molecule has 0 radical (unpaired) electrons. The van der Waals surface area contributed by atoms with Gasteiger partial charge in [-0.3, -0.25) is 0 Å². The molecule has 1 aromatic heterocycles. The Hall–Kier alpha value is -2.53. The number of rotatable bonds is 5. The molecule has 1 atom stereocenters. The number of carboxylic acid groups (broad SMARTS) is 1. The van der Waals surface area contributed by atoms with Gasteiger partial charge < -0.3 is 14.6 Å². The van der Waals surface area contributed by atoms with Crippen LogP contribution in [0.5, 0.6) is 17.4 Å². The number of carboxylic acids is 1. The number of hydrogen-bond donors (Lipinski definition) is 1. The first-order chi connectivity index (χ1) is 11.2. The molecule has 0 saturated heterocycles. The molecular formula is C16H16BrN3O4. The molecule has 1 N–H and O–H groups in total. The van der Waals surface area contributed by atoms with Gasteiger partial charge >= 0.3 is 5.97 Å². The number of nitriles is 1. The molecule has 24 heavy (non-hydrogen) atoms. The van der Waals surface area contributed by atoms with Crippen LogP contribution in [0.2, 0.25) is 0 Å². The molecule has 7 nitrogen and oxygen atoms in total. The standard InChI is InChI=1S/C16H16BrN3O4/c1-8-5-12(17)14(23-10(3)16(21)22)6-13(8)24-15-11(7-18)9(2)19-20(15)4/h5-6,10H,1-4H3,(H,21,22)/t10-/m0/s1. The molecule has 126 valence electrons. The second-order valence-corrected chi connectivity index (χ2v) is 6.10. The molecule has 2 aromatic rings. The quantitative estimate of drug-likeness (QED) is 0.836. The van der Waals surface area contributed by atoms with Gasteiger partial charge in [0.2, 0.25) is 5.88 Å². The number of aryl methyl sites for hydroxylation is 3. The number of halogens is 1. The number of hydrogen-bond acceptors (Lipinski definition) is 5. The van der Waals surface area contributed by atoms with Crippen LogP contribution in [0.15, 0.2) is 16.6 Å². The summed E-state index contributed by atoms with van der Waals surface area (Å²) < 4.78 is 13.4. The number of aromatic nitrogens is 2. The Morgan fingerprint density at radius 3 is 2.67 bits per heavy atom. The van der Waals surface area contributed by atoms with Crippen LogP contribution in [0, 0.1) is 25.2 Å². The summed E-state index contributed by atoms with van der Waals surface area (Å²) in [6.07, 6.45) is -1.01. The summed E-state index contributed by atoms with van der Waals surface area (Å²) in [5, 5.41) is 22.4. The van der Waals surface area contributed by atoms with Crippen molar-refractivity contribution in [3.05, 3.63) is 33.4 Å². The van der Waals surface area contributed by atoms with Crippen LogP contribution in [-0.2, 0) is 11.8 Å². The Balaban J connectivity index is 2.41. The molecular weight excluding hydrogens is 378 g/mol. The van der Waals surface area contributed by atoms with Gasteiger partial charge in [-0.2, -0.15) is 10.4 Å². The van der Waals surface area contributed by atoms with E-state index in [1.54, 1.807) is 26.1 Å². The van der Waals surface area contributed by atoms with Crippen LogP contribution in [0.1, 0.15) is 23.7 Å². The summed E-state index contributed by atoms with van der Waals surface area (Å²) in [4.78, 5) is 11.0. The average Bonchev–Trinajstić information content (AvgIpc) is 2.77. The van der Waals surface area contributed by atoms with E-state index >= 15 is 0 Å². The van der Waals surface area contributed by atoms with Crippen LogP contribution >= 0.6 is 15.9 Å². The molecule has 1 aromatic carbocycles. The molecule has 0 aliphatic rings. The van der Waals surface area contributed by atoms with Crippen molar-refractivity contribution in [1.82, 2.24) is 9.78 Å². The van der Waals surface area contributed by atoms with Crippen LogP contribution in [0.3, 0.4) is 0 Å². The summed E-state index contributed by atoms with van der Waals surface area (Å²) in [5.41, 5.74) is 1.71. The Morgan fingerprint density at radius 2 is 2.08 bits per heavy atom. The second-order valence-electron chi connectivity index (χ2n) is 5.25. The van der Waals surface area contributed by atoms with Crippen molar-refractivity contribution in [1.29, 1.82) is 5.26 Å². The molecule has 8 heteroatoms. The zero-order valence-corrected chi connectivity index (χ0v) is 15.2. The largest absolute Gasteiger partial charge is 0.479 e. The Kier molecular flexibility index (Phi) is 5.14. The Morgan fingerprint density at radius 1 is 1.42 bits per heavy atom. The van der Waals surface area contributed by atoms with Crippen molar-refractivity contribution in [3.63, 3.8) is 0 Å². The summed E-state index contributed by atoms with van der Waals surface area (Å²) >= 11 is 3.35. The molecule has 0 amide bonds. The number of nitrogens with zero attached hydrogens (tertiary/aromatic N) is 3. The molecule has 0 unspecified atom stereocenters. The van der Waals surface area contributed by atoms with Gasteiger partial charge in [0, 0.05) is 13.1 Å². The highest BCUT2D eigenvalue weighted by Crippen LogP contribution is 2.36. The molecule has 0 bridgehead atoms. The molecule has 0 saturated carbocycles. The smallest absolute Gasteiger partial charge is 0.344 e. The lowest BCUT2D eigenvalue weighted by molar-refractivity contribution is -0.144. The van der Waals surface area contributed by atoms with Crippen LogP contribution in [0.25, 0.3) is 0 Å². The lowest BCUT2D eigenvalue weighted by Crippen LogP contribution is -2.23. The van der Waals surface area contributed by atoms with Gasteiger partial charge in [-0.1, -0.05) is 0 Å². The van der Waals surface area contributed by atoms with E-state index in [1.807, 2.05) is 6.92 Å². The highest BCUT2D eigenvalue weighted by atomic mass is 79.9. The van der Waals surface area contributed by atoms with Gasteiger partial charge in [-0.15, -0.1) is 0 Å². The SMILES string of the molecule is Cc1cc(Br)c(O[C@@H](C)C(=O)O)cc1Oc1c(C#N)c(C)nn1C. The highest BCUT2D eigenvalue weighted by molar-refractivity contribution is 9.10. The summed E-state index contributed by atoms with van der Waals surface area (Å²) in [6.45, 7) is 5.00. The van der Waals surface area contributed by atoms with E-state index in [2.05, 4.69) is 27.1 Å². The molecule has 1 heterocycles. The maximum absolute atomic E-state index is 11.0. The van der Waals surface area contributed by atoms with E-state index in [4.69, 9.17) is 14.6 Å². The third-order valence-corrected chi connectivity index (χ3v) is 3.99. The van der Waals surface area contributed by atoms with Crippen molar-refractivity contribution < 1.29 is 19.4 Å². The lowest BCUT2D eigenvalue weighted by Gasteiger charge is -2.15. The van der Waals surface area contributed by atoms with E-state index < -0.39 is 12.1 Å². The normalized spacial score (nSPS) is 11.7. The van der Waals surface area contributed by atoms with E-state index in [-0.39, 0.29) is 0 Å². The van der Waals surface area contributed by atoms with Crippen LogP contribution in [0.4, 0.5) is 0 Å². The van der Waals surface area contributed by atoms with Gasteiger partial charge in [-0.25, -0.2) is 9.48 Å². The first-order valence-electron chi connectivity index (χ1n) is 7.05. The predicted molar refractivity (Wildman–Crippen MR) is 89.3 cm³/mol. The zero-order chi connectivity index (χ0) is 18.0. The summed E-state index contributed by atoms with van der Waals surface area (Å²) in [6, 6.07) is 5.42. The third-order valence-electron chi connectivity index (χ3n) is 3.37. The molecule has 0 spiro atoms. The van der Waals surface area contributed by atoms with Crippen molar-refractivity contribution in [2.75, 3.05) is 0 Å². The van der Waals surface area contributed by atoms with Gasteiger partial charge in [0.15, 0.2) is 6.10 Å². The second kappa shape index (κ2) is 6.93. The number of benzene rings is 1. The predicted octanol–water partition coefficient (Wildman–Crippen LogP) is 3.32. The van der Waals surface area contributed by atoms with E-state index in [0.29, 0.717) is 33.1 Å². The number of carbonyl (C=O) groups is 1. The third kappa shape index (κ3) is 3.51. The fraction of sp³-hybridized carbons (Fsp3) is 0.312. The number of ether oxygens (including phenoxy) is 2. The summed E-state index contributed by atoms with van der Waals surface area (Å²) in [5.74, 6) is 0.0322. The maximum atomic E-state index is 11.0. The topological polar surface area (TPSA) is 97.4 Å². The average molecular weight is 394 g/mol. The van der Waals surface area contributed by atoms with Crippen molar-refractivity contribution in [3.8, 4) is 23.4 Å². The fourth-order valence-corrected chi connectivity index (χ4v) is 2.61. The minimum Gasteiger partial charge on any atom is -0.479 e. The maximum Gasteiger partial charge on any atom is 0.344 e. The van der Waals surface area contributed by atoms with Gasteiger partial charge in [-0.05, 0) is 48.3 Å². The number of aliphatic carboxylic acids is 1. The molecule has 2 rings (SSSR count). The van der Waals surface area contributed by atoms with Crippen molar-refractivity contribution in [2.24, 2.45) is 7.05 Å². The molecule has 0 aliphatic heterocycles. The summed E-state index contributed by atoms with van der Waals surface area (Å²) in [7, 11) is 1.68. The van der Waals surface area contributed by atoms with Gasteiger partial charge in [0.1, 0.15) is 23.1 Å². The Bertz CT molecular complexity index is 839.